The Bertz CT molecular complexity index is 3190. The molecule has 0 aliphatic carbocycles. The van der Waals surface area contributed by atoms with Crippen LogP contribution in [0.4, 0.5) is 0 Å². The Morgan fingerprint density at radius 1 is 0.385 bits per heavy atom. The maximum absolute atomic E-state index is 2.49. The van der Waals surface area contributed by atoms with Crippen LogP contribution in [0.1, 0.15) is 5.56 Å². The van der Waals surface area contributed by atoms with Crippen LogP contribution >= 0.6 is 11.3 Å². The van der Waals surface area contributed by atoms with E-state index in [4.69, 9.17) is 0 Å². The number of hydrogen-bond donors (Lipinski definition) is 0. The van der Waals surface area contributed by atoms with Gasteiger partial charge in [0.25, 0.3) is 0 Å². The van der Waals surface area contributed by atoms with Crippen molar-refractivity contribution in [2.45, 2.75) is 6.92 Å². The van der Waals surface area contributed by atoms with Crippen molar-refractivity contribution < 1.29 is 0 Å². The topological polar surface area (TPSA) is 9.86 Å². The smallest absolute Gasteiger partial charge is 0.0543 e. The molecule has 0 N–H and O–H groups in total. The highest BCUT2D eigenvalue weighted by atomic mass is 32.1. The van der Waals surface area contributed by atoms with Crippen molar-refractivity contribution in [2.24, 2.45) is 0 Å². The first kappa shape index (κ1) is 29.3. The lowest BCUT2D eigenvalue weighted by Crippen LogP contribution is -1.98. The molecule has 0 amide bonds. The monoisotopic (exact) mass is 680 g/mol. The molecule has 0 spiro atoms. The third-order valence-corrected chi connectivity index (χ3v) is 12.0. The molecule has 0 aliphatic heterocycles. The highest BCUT2D eigenvalue weighted by molar-refractivity contribution is 7.26. The molecule has 3 heteroatoms. The molecule has 244 valence electrons. The number of aromatic nitrogens is 2. The Hall–Kier alpha value is -6.42. The van der Waals surface area contributed by atoms with Crippen molar-refractivity contribution >= 4 is 75.1 Å². The molecular weight excluding hydrogens is 649 g/mol. The van der Waals surface area contributed by atoms with Gasteiger partial charge in [0.1, 0.15) is 0 Å². The van der Waals surface area contributed by atoms with E-state index >= 15 is 0 Å². The van der Waals surface area contributed by atoms with E-state index < -0.39 is 0 Å². The van der Waals surface area contributed by atoms with Gasteiger partial charge in [-0.1, -0.05) is 115 Å². The molecule has 3 heterocycles. The summed E-state index contributed by atoms with van der Waals surface area (Å²) in [6, 6.07) is 64.8. The van der Waals surface area contributed by atoms with Gasteiger partial charge in [0.15, 0.2) is 0 Å². The van der Waals surface area contributed by atoms with Gasteiger partial charge in [-0.15, -0.1) is 11.3 Å². The van der Waals surface area contributed by atoms with Crippen molar-refractivity contribution in [1.82, 2.24) is 9.13 Å². The van der Waals surface area contributed by atoms with Gasteiger partial charge in [0, 0.05) is 58.5 Å². The van der Waals surface area contributed by atoms with Crippen molar-refractivity contribution in [2.75, 3.05) is 0 Å². The third kappa shape index (κ3) is 4.30. The maximum atomic E-state index is 2.49. The zero-order valence-corrected chi connectivity index (χ0v) is 29.4. The van der Waals surface area contributed by atoms with Crippen molar-refractivity contribution in [3.05, 3.63) is 181 Å². The van der Waals surface area contributed by atoms with Crippen molar-refractivity contribution in [3.63, 3.8) is 0 Å². The van der Waals surface area contributed by atoms with E-state index in [0.717, 1.165) is 0 Å². The van der Waals surface area contributed by atoms with Crippen molar-refractivity contribution in [1.29, 1.82) is 0 Å². The maximum Gasteiger partial charge on any atom is 0.0543 e. The van der Waals surface area contributed by atoms with Crippen LogP contribution in [0.5, 0.6) is 0 Å². The molecule has 52 heavy (non-hydrogen) atoms. The molecular formula is C49H32N2S. The minimum absolute atomic E-state index is 1.18. The summed E-state index contributed by atoms with van der Waals surface area (Å²) in [5, 5.41) is 7.69. The Kier molecular flexibility index (Phi) is 6.37. The van der Waals surface area contributed by atoms with Gasteiger partial charge in [-0.3, -0.25) is 0 Å². The average Bonchev–Trinajstić information content (AvgIpc) is 3.85. The number of thiophene rings is 1. The Morgan fingerprint density at radius 3 is 1.69 bits per heavy atom. The van der Waals surface area contributed by atoms with E-state index in [9.17, 15) is 0 Å². The zero-order valence-electron chi connectivity index (χ0n) is 28.5. The summed E-state index contributed by atoms with van der Waals surface area (Å²) >= 11 is 1.89. The van der Waals surface area contributed by atoms with Gasteiger partial charge in [-0.2, -0.15) is 0 Å². The molecule has 11 aromatic rings. The summed E-state index contributed by atoms with van der Waals surface area (Å²) in [7, 11) is 0. The molecule has 11 rings (SSSR count). The molecule has 0 saturated carbocycles. The van der Waals surface area contributed by atoms with E-state index in [1.807, 2.05) is 11.3 Å². The SMILES string of the molecule is Cc1ccc(-c2cccc3c2sc2ccccc23)c(-n2c3ccccc3c3cc(-c4ccc5c(c4)c4ccccc4n5-c4ccccc4)ccc32)c1. The number of nitrogens with zero attached hydrogens (tertiary/aromatic N) is 2. The van der Waals surface area contributed by atoms with E-state index in [2.05, 4.69) is 192 Å². The second kappa shape index (κ2) is 11.3. The van der Waals surface area contributed by atoms with E-state index in [0.29, 0.717) is 0 Å². The first-order chi connectivity index (χ1) is 25.7. The summed E-state index contributed by atoms with van der Waals surface area (Å²) < 4.78 is 7.52. The second-order valence-electron chi connectivity index (χ2n) is 13.8. The molecule has 0 fully saturated rings. The number of fused-ring (bicyclic) bond motifs is 9. The predicted octanol–water partition coefficient (Wildman–Crippen LogP) is 13.9. The van der Waals surface area contributed by atoms with E-state index in [1.165, 1.54) is 103 Å². The summed E-state index contributed by atoms with van der Waals surface area (Å²) in [5.41, 5.74) is 13.4. The van der Waals surface area contributed by atoms with Gasteiger partial charge >= 0.3 is 0 Å². The number of para-hydroxylation sites is 3. The summed E-state index contributed by atoms with van der Waals surface area (Å²) in [6.07, 6.45) is 0. The lowest BCUT2D eigenvalue weighted by Gasteiger charge is -2.16. The molecule has 0 aliphatic rings. The predicted molar refractivity (Wildman–Crippen MR) is 224 cm³/mol. The fourth-order valence-corrected chi connectivity index (χ4v) is 9.66. The van der Waals surface area contributed by atoms with Crippen LogP contribution < -0.4 is 0 Å². The third-order valence-electron chi connectivity index (χ3n) is 10.8. The standard InChI is InChI=1S/C49H32N2S/c1-31-22-25-37(39-17-11-18-40-38-16-7-10-21-48(38)52-49(39)40)47(28-31)51-44-20-9-6-15-36(44)42-30-33(24-27-46(42)51)32-23-26-45-41(29-32)35-14-5-8-19-43(35)50(45)34-12-3-2-4-13-34/h2-30H,1H3. The van der Waals surface area contributed by atoms with Crippen LogP contribution in [0.15, 0.2) is 176 Å². The van der Waals surface area contributed by atoms with Gasteiger partial charge in [-0.05, 0) is 84.3 Å². The highest BCUT2D eigenvalue weighted by Crippen LogP contribution is 2.44. The van der Waals surface area contributed by atoms with Crippen LogP contribution in [0.3, 0.4) is 0 Å². The van der Waals surface area contributed by atoms with Crippen LogP contribution in [0.2, 0.25) is 0 Å². The number of aryl methyl sites for hydroxylation is 1. The van der Waals surface area contributed by atoms with Crippen LogP contribution in [0.25, 0.3) is 97.4 Å². The lowest BCUT2D eigenvalue weighted by atomic mass is 9.99. The van der Waals surface area contributed by atoms with Gasteiger partial charge < -0.3 is 9.13 Å². The molecule has 0 unspecified atom stereocenters. The first-order valence-corrected chi connectivity index (χ1v) is 18.7. The van der Waals surface area contributed by atoms with Crippen LogP contribution in [-0.2, 0) is 0 Å². The summed E-state index contributed by atoms with van der Waals surface area (Å²) in [4.78, 5) is 0. The van der Waals surface area contributed by atoms with Crippen LogP contribution in [0, 0.1) is 6.92 Å². The molecule has 8 aromatic carbocycles. The van der Waals surface area contributed by atoms with Gasteiger partial charge in [-0.25, -0.2) is 0 Å². The number of benzene rings is 8. The number of rotatable bonds is 4. The minimum atomic E-state index is 1.18. The summed E-state index contributed by atoms with van der Waals surface area (Å²) in [5.74, 6) is 0. The fourth-order valence-electron chi connectivity index (χ4n) is 8.43. The molecule has 0 atom stereocenters. The normalized spacial score (nSPS) is 11.9. The van der Waals surface area contributed by atoms with Crippen LogP contribution in [-0.4, -0.2) is 9.13 Å². The molecule has 3 aromatic heterocycles. The Morgan fingerprint density at radius 2 is 0.962 bits per heavy atom. The Balaban J connectivity index is 1.12. The second-order valence-corrected chi connectivity index (χ2v) is 14.9. The fraction of sp³-hybridized carbons (Fsp3) is 0.0204. The zero-order chi connectivity index (χ0) is 34.3. The van der Waals surface area contributed by atoms with E-state index in [1.54, 1.807) is 0 Å². The average molecular weight is 681 g/mol. The first-order valence-electron chi connectivity index (χ1n) is 17.9. The summed E-state index contributed by atoms with van der Waals surface area (Å²) in [6.45, 7) is 2.20. The minimum Gasteiger partial charge on any atom is -0.309 e. The van der Waals surface area contributed by atoms with Gasteiger partial charge in [0.05, 0.1) is 27.8 Å². The quantitative estimate of drug-likeness (QED) is 0.175. The van der Waals surface area contributed by atoms with Gasteiger partial charge in [0.2, 0.25) is 0 Å². The molecule has 2 nitrogen and oxygen atoms in total. The van der Waals surface area contributed by atoms with Crippen molar-refractivity contribution in [3.8, 4) is 33.6 Å². The van der Waals surface area contributed by atoms with E-state index in [-0.39, 0.29) is 0 Å². The largest absolute Gasteiger partial charge is 0.309 e. The molecule has 0 saturated heterocycles. The molecule has 0 bridgehead atoms. The lowest BCUT2D eigenvalue weighted by molar-refractivity contribution is 1.17. The Labute approximate surface area is 305 Å². The number of hydrogen-bond acceptors (Lipinski definition) is 1. The highest BCUT2D eigenvalue weighted by Gasteiger charge is 2.19. The molecule has 0 radical (unpaired) electrons.